The molecule has 0 atom stereocenters. The Hall–Kier alpha value is -1.56. The summed E-state index contributed by atoms with van der Waals surface area (Å²) in [6, 6.07) is 5.43. The van der Waals surface area contributed by atoms with Crippen LogP contribution in [-0.4, -0.2) is 30.9 Å². The molecule has 0 aliphatic rings. The van der Waals surface area contributed by atoms with E-state index >= 15 is 0 Å². The molecule has 0 aromatic heterocycles. The molecule has 0 bridgehead atoms. The van der Waals surface area contributed by atoms with Crippen LogP contribution in [0.3, 0.4) is 0 Å². The van der Waals surface area contributed by atoms with E-state index in [1.165, 1.54) is 12.1 Å². The quantitative estimate of drug-likeness (QED) is 0.785. The lowest BCUT2D eigenvalue weighted by Crippen LogP contribution is -2.35. The topological polar surface area (TPSA) is 32.3 Å². The minimum atomic E-state index is -4.37. The maximum Gasteiger partial charge on any atom is 0.416 e. The average molecular weight is 302 g/mol. The zero-order valence-corrected chi connectivity index (χ0v) is 12.3. The number of halogens is 3. The lowest BCUT2D eigenvalue weighted by Gasteiger charge is -2.19. The molecule has 21 heavy (non-hydrogen) atoms. The number of alkyl halides is 3. The monoisotopic (exact) mass is 302 g/mol. The molecule has 3 nitrogen and oxygen atoms in total. The molecule has 1 N–H and O–H groups in total. The molecule has 1 rings (SSSR count). The standard InChI is InChI=1S/C15H21F3N2O/c1-3-4-9-19-14(21)11-20(2)10-12-7-5-6-8-13(12)15(16,17)18/h5-8H,3-4,9-11H2,1-2H3,(H,19,21). The summed E-state index contributed by atoms with van der Waals surface area (Å²) in [4.78, 5) is 13.2. The number of hydrogen-bond donors (Lipinski definition) is 1. The molecule has 1 amide bonds. The van der Waals surface area contributed by atoms with Crippen LogP contribution in [-0.2, 0) is 17.5 Å². The molecule has 1 aromatic rings. The van der Waals surface area contributed by atoms with Gasteiger partial charge in [-0.05, 0) is 25.1 Å². The van der Waals surface area contributed by atoms with E-state index < -0.39 is 11.7 Å². The Morgan fingerprint density at radius 3 is 2.57 bits per heavy atom. The van der Waals surface area contributed by atoms with E-state index in [0.29, 0.717) is 6.54 Å². The summed E-state index contributed by atoms with van der Waals surface area (Å²) < 4.78 is 38.6. The van der Waals surface area contributed by atoms with E-state index in [0.717, 1.165) is 18.9 Å². The number of nitrogens with one attached hydrogen (secondary N) is 1. The van der Waals surface area contributed by atoms with Crippen molar-refractivity contribution in [3.63, 3.8) is 0 Å². The fraction of sp³-hybridized carbons (Fsp3) is 0.533. The Bertz CT molecular complexity index is 460. The molecule has 0 spiro atoms. The zero-order valence-electron chi connectivity index (χ0n) is 12.3. The summed E-state index contributed by atoms with van der Waals surface area (Å²) in [6.07, 6.45) is -2.50. The van der Waals surface area contributed by atoms with Gasteiger partial charge in [-0.3, -0.25) is 9.69 Å². The number of nitrogens with zero attached hydrogens (tertiary/aromatic N) is 1. The van der Waals surface area contributed by atoms with Gasteiger partial charge in [-0.15, -0.1) is 0 Å². The summed E-state index contributed by atoms with van der Waals surface area (Å²) in [6.45, 7) is 2.78. The predicted octanol–water partition coefficient (Wildman–Crippen LogP) is 3.05. The highest BCUT2D eigenvalue weighted by Gasteiger charge is 2.33. The predicted molar refractivity (Wildman–Crippen MR) is 75.7 cm³/mol. The number of likely N-dealkylation sites (N-methyl/N-ethyl adjacent to an activating group) is 1. The highest BCUT2D eigenvalue weighted by atomic mass is 19.4. The second-order valence-corrected chi connectivity index (χ2v) is 5.03. The van der Waals surface area contributed by atoms with Crippen LogP contribution in [0.4, 0.5) is 13.2 Å². The first kappa shape index (κ1) is 17.5. The number of carbonyl (C=O) groups excluding carboxylic acids is 1. The Labute approximate surface area is 123 Å². The Kier molecular flexibility index (Phi) is 6.68. The number of amides is 1. The zero-order chi connectivity index (χ0) is 15.9. The Morgan fingerprint density at radius 2 is 1.95 bits per heavy atom. The van der Waals surface area contributed by atoms with Crippen molar-refractivity contribution in [2.75, 3.05) is 20.1 Å². The van der Waals surface area contributed by atoms with Crippen molar-refractivity contribution >= 4 is 5.91 Å². The van der Waals surface area contributed by atoms with Gasteiger partial charge in [0.1, 0.15) is 0 Å². The highest BCUT2D eigenvalue weighted by molar-refractivity contribution is 5.77. The van der Waals surface area contributed by atoms with Gasteiger partial charge in [0.2, 0.25) is 5.91 Å². The van der Waals surface area contributed by atoms with E-state index in [9.17, 15) is 18.0 Å². The second-order valence-electron chi connectivity index (χ2n) is 5.03. The van der Waals surface area contributed by atoms with Gasteiger partial charge < -0.3 is 5.32 Å². The van der Waals surface area contributed by atoms with Crippen LogP contribution < -0.4 is 5.32 Å². The molecule has 0 saturated heterocycles. The summed E-state index contributed by atoms with van der Waals surface area (Å²) in [5, 5.41) is 2.74. The van der Waals surface area contributed by atoms with E-state index in [1.54, 1.807) is 18.0 Å². The van der Waals surface area contributed by atoms with Crippen molar-refractivity contribution in [2.24, 2.45) is 0 Å². The summed E-state index contributed by atoms with van der Waals surface area (Å²) in [5.74, 6) is -0.171. The van der Waals surface area contributed by atoms with Crippen molar-refractivity contribution in [2.45, 2.75) is 32.5 Å². The van der Waals surface area contributed by atoms with Crippen LogP contribution >= 0.6 is 0 Å². The third kappa shape index (κ3) is 6.16. The van der Waals surface area contributed by atoms with Crippen molar-refractivity contribution in [3.8, 4) is 0 Å². The van der Waals surface area contributed by atoms with Gasteiger partial charge >= 0.3 is 6.18 Å². The molecule has 0 radical (unpaired) electrons. The number of benzene rings is 1. The van der Waals surface area contributed by atoms with Crippen LogP contribution in [0, 0.1) is 0 Å². The van der Waals surface area contributed by atoms with Crippen LogP contribution in [0.15, 0.2) is 24.3 Å². The summed E-state index contributed by atoms with van der Waals surface area (Å²) >= 11 is 0. The number of hydrogen-bond acceptors (Lipinski definition) is 2. The maximum absolute atomic E-state index is 12.9. The fourth-order valence-corrected chi connectivity index (χ4v) is 1.99. The van der Waals surface area contributed by atoms with Crippen LogP contribution in [0.2, 0.25) is 0 Å². The molecule has 0 fully saturated rings. The molecular formula is C15H21F3N2O. The van der Waals surface area contributed by atoms with Gasteiger partial charge in [0.05, 0.1) is 12.1 Å². The van der Waals surface area contributed by atoms with E-state index in [-0.39, 0.29) is 24.6 Å². The van der Waals surface area contributed by atoms with E-state index in [1.807, 2.05) is 6.92 Å². The lowest BCUT2D eigenvalue weighted by molar-refractivity contribution is -0.138. The van der Waals surface area contributed by atoms with Crippen molar-refractivity contribution in [1.29, 1.82) is 0 Å². The molecule has 0 saturated carbocycles. The van der Waals surface area contributed by atoms with Crippen molar-refractivity contribution in [1.82, 2.24) is 10.2 Å². The lowest BCUT2D eigenvalue weighted by atomic mass is 10.1. The summed E-state index contributed by atoms with van der Waals surface area (Å²) in [7, 11) is 1.63. The molecule has 0 aliphatic carbocycles. The fourth-order valence-electron chi connectivity index (χ4n) is 1.99. The van der Waals surface area contributed by atoms with Gasteiger partial charge in [-0.2, -0.15) is 13.2 Å². The largest absolute Gasteiger partial charge is 0.416 e. The molecule has 1 aromatic carbocycles. The minimum Gasteiger partial charge on any atom is -0.355 e. The highest BCUT2D eigenvalue weighted by Crippen LogP contribution is 2.32. The SMILES string of the molecule is CCCCNC(=O)CN(C)Cc1ccccc1C(F)(F)F. The van der Waals surface area contributed by atoms with E-state index in [2.05, 4.69) is 5.32 Å². The third-order valence-electron chi connectivity index (χ3n) is 3.03. The van der Waals surface area contributed by atoms with Gasteiger partial charge in [0, 0.05) is 13.1 Å². The van der Waals surface area contributed by atoms with Crippen molar-refractivity contribution < 1.29 is 18.0 Å². The van der Waals surface area contributed by atoms with Crippen LogP contribution in [0.1, 0.15) is 30.9 Å². The maximum atomic E-state index is 12.9. The molecule has 118 valence electrons. The van der Waals surface area contributed by atoms with Gasteiger partial charge in [0.15, 0.2) is 0 Å². The van der Waals surface area contributed by atoms with Gasteiger partial charge in [-0.1, -0.05) is 31.5 Å². The Balaban J connectivity index is 2.59. The van der Waals surface area contributed by atoms with Crippen LogP contribution in [0.25, 0.3) is 0 Å². The molecule has 0 unspecified atom stereocenters. The molecule has 0 aliphatic heterocycles. The first-order valence-electron chi connectivity index (χ1n) is 6.95. The smallest absolute Gasteiger partial charge is 0.355 e. The first-order valence-corrected chi connectivity index (χ1v) is 6.95. The van der Waals surface area contributed by atoms with E-state index in [4.69, 9.17) is 0 Å². The van der Waals surface area contributed by atoms with Gasteiger partial charge in [0.25, 0.3) is 0 Å². The normalized spacial score (nSPS) is 11.7. The minimum absolute atomic E-state index is 0.0793. The van der Waals surface area contributed by atoms with Crippen molar-refractivity contribution in [3.05, 3.63) is 35.4 Å². The summed E-state index contributed by atoms with van der Waals surface area (Å²) in [5.41, 5.74) is -0.475. The molecular weight excluding hydrogens is 281 g/mol. The number of unbranched alkanes of at least 4 members (excludes halogenated alkanes) is 1. The molecule has 6 heteroatoms. The first-order chi connectivity index (χ1) is 9.84. The van der Waals surface area contributed by atoms with Gasteiger partial charge in [-0.25, -0.2) is 0 Å². The molecule has 0 heterocycles. The average Bonchev–Trinajstić information content (AvgIpc) is 2.38. The third-order valence-corrected chi connectivity index (χ3v) is 3.03. The number of rotatable bonds is 7. The second kappa shape index (κ2) is 8.02. The Morgan fingerprint density at radius 1 is 1.29 bits per heavy atom. The van der Waals surface area contributed by atoms with Crippen LogP contribution in [0.5, 0.6) is 0 Å². The number of carbonyl (C=O) groups is 1.